The van der Waals surface area contributed by atoms with Gasteiger partial charge in [-0.15, -0.1) is 0 Å². The molecule has 0 heteroatoms. The highest BCUT2D eigenvalue weighted by molar-refractivity contribution is 5.23. The van der Waals surface area contributed by atoms with Gasteiger partial charge in [0.15, 0.2) is 0 Å². The number of fused-ring (bicyclic) bond motifs is 1. The maximum atomic E-state index is 2.56. The lowest BCUT2D eigenvalue weighted by Gasteiger charge is -2.34. The Kier molecular flexibility index (Phi) is 4.94. The number of allylic oxidation sites excluding steroid dienone is 6. The fourth-order valence-corrected chi connectivity index (χ4v) is 3.95. The summed E-state index contributed by atoms with van der Waals surface area (Å²) in [6.07, 6.45) is 15.2. The fraction of sp³-hybridized carbons (Fsp3) is 0.700. The minimum atomic E-state index is 0.464. The molecular weight excluding hydrogens is 240 g/mol. The van der Waals surface area contributed by atoms with Crippen molar-refractivity contribution in [2.75, 3.05) is 0 Å². The van der Waals surface area contributed by atoms with Gasteiger partial charge in [-0.1, -0.05) is 55.7 Å². The topological polar surface area (TPSA) is 0 Å². The van der Waals surface area contributed by atoms with Crippen LogP contribution in [0.1, 0.15) is 73.1 Å². The Morgan fingerprint density at radius 1 is 1.00 bits per heavy atom. The Morgan fingerprint density at radius 3 is 2.35 bits per heavy atom. The van der Waals surface area contributed by atoms with Crippen molar-refractivity contribution in [1.82, 2.24) is 0 Å². The van der Waals surface area contributed by atoms with Gasteiger partial charge in [-0.3, -0.25) is 0 Å². The normalized spacial score (nSPS) is 32.1. The van der Waals surface area contributed by atoms with E-state index in [2.05, 4.69) is 52.8 Å². The summed E-state index contributed by atoms with van der Waals surface area (Å²) in [5.41, 5.74) is 5.36. The molecule has 0 amide bonds. The highest BCUT2D eigenvalue weighted by atomic mass is 14.4. The van der Waals surface area contributed by atoms with Crippen LogP contribution in [0.5, 0.6) is 0 Å². The van der Waals surface area contributed by atoms with Crippen LogP contribution in [-0.4, -0.2) is 0 Å². The molecule has 2 rings (SSSR count). The Balaban J connectivity index is 2.26. The van der Waals surface area contributed by atoms with Gasteiger partial charge in [-0.25, -0.2) is 0 Å². The van der Waals surface area contributed by atoms with Gasteiger partial charge in [-0.2, -0.15) is 0 Å². The van der Waals surface area contributed by atoms with E-state index >= 15 is 0 Å². The van der Waals surface area contributed by atoms with Crippen molar-refractivity contribution in [2.45, 2.75) is 73.1 Å². The zero-order chi connectivity index (χ0) is 14.8. The van der Waals surface area contributed by atoms with Gasteiger partial charge >= 0.3 is 0 Å². The number of rotatable bonds is 1. The van der Waals surface area contributed by atoms with Crippen molar-refractivity contribution in [1.29, 1.82) is 0 Å². The largest absolute Gasteiger partial charge is 0.0853 e. The van der Waals surface area contributed by atoms with Crippen LogP contribution in [-0.2, 0) is 0 Å². The van der Waals surface area contributed by atoms with Crippen molar-refractivity contribution in [3.63, 3.8) is 0 Å². The van der Waals surface area contributed by atoms with E-state index in [0.29, 0.717) is 11.3 Å². The van der Waals surface area contributed by atoms with Gasteiger partial charge in [0, 0.05) is 0 Å². The van der Waals surface area contributed by atoms with E-state index in [1.165, 1.54) is 38.5 Å². The van der Waals surface area contributed by atoms with E-state index in [1.54, 1.807) is 16.7 Å². The molecular formula is C20H32. The van der Waals surface area contributed by atoms with Gasteiger partial charge in [0.1, 0.15) is 0 Å². The van der Waals surface area contributed by atoms with E-state index in [4.69, 9.17) is 0 Å². The third-order valence-corrected chi connectivity index (χ3v) is 5.49. The van der Waals surface area contributed by atoms with Gasteiger partial charge in [0.05, 0.1) is 0 Å². The predicted molar refractivity (Wildman–Crippen MR) is 89.7 cm³/mol. The second-order valence-electron chi connectivity index (χ2n) is 7.65. The summed E-state index contributed by atoms with van der Waals surface area (Å²) in [4.78, 5) is 0. The van der Waals surface area contributed by atoms with Crippen LogP contribution in [0, 0.1) is 17.3 Å². The summed E-state index contributed by atoms with van der Waals surface area (Å²) in [6.45, 7) is 11.9. The lowest BCUT2D eigenvalue weighted by molar-refractivity contribution is 0.225. The van der Waals surface area contributed by atoms with Crippen LogP contribution in [0.15, 0.2) is 34.9 Å². The Labute approximate surface area is 126 Å². The summed E-state index contributed by atoms with van der Waals surface area (Å²) in [5, 5.41) is 0. The van der Waals surface area contributed by atoms with Crippen molar-refractivity contribution < 1.29 is 0 Å². The molecule has 0 aliphatic heterocycles. The maximum absolute atomic E-state index is 2.56. The zero-order valence-corrected chi connectivity index (χ0v) is 14.1. The van der Waals surface area contributed by atoms with Gasteiger partial charge in [0.25, 0.3) is 0 Å². The standard InChI is InChI=1S/C20H32/c1-15(2)18-12-14-20(5)13-11-17(4)8-6-7-16(3)9-10-19(18)20/h7,11-12,15,19H,6,8-10,13-14H2,1-5H3/t19-,20-/m1/s1. The average Bonchev–Trinajstić information content (AvgIpc) is 2.70. The third kappa shape index (κ3) is 3.45. The highest BCUT2D eigenvalue weighted by Crippen LogP contribution is 2.50. The summed E-state index contributed by atoms with van der Waals surface area (Å²) in [7, 11) is 0. The van der Waals surface area contributed by atoms with Gasteiger partial charge in [0.2, 0.25) is 0 Å². The van der Waals surface area contributed by atoms with E-state index in [-0.39, 0.29) is 0 Å². The molecule has 0 unspecified atom stereocenters. The van der Waals surface area contributed by atoms with Crippen LogP contribution in [0.25, 0.3) is 0 Å². The lowest BCUT2D eigenvalue weighted by Crippen LogP contribution is -2.25. The van der Waals surface area contributed by atoms with E-state index in [0.717, 1.165) is 5.92 Å². The molecule has 2 aliphatic carbocycles. The molecule has 112 valence electrons. The number of hydrogen-bond donors (Lipinski definition) is 0. The van der Waals surface area contributed by atoms with Crippen molar-refractivity contribution in [3.05, 3.63) is 34.9 Å². The first kappa shape index (κ1) is 15.6. The molecule has 0 saturated heterocycles. The van der Waals surface area contributed by atoms with E-state index in [9.17, 15) is 0 Å². The highest BCUT2D eigenvalue weighted by Gasteiger charge is 2.39. The molecule has 2 atom stereocenters. The first-order valence-corrected chi connectivity index (χ1v) is 8.43. The first-order valence-electron chi connectivity index (χ1n) is 8.43. The monoisotopic (exact) mass is 272 g/mol. The predicted octanol–water partition coefficient (Wildman–Crippen LogP) is 6.45. The Bertz CT molecular complexity index is 433. The van der Waals surface area contributed by atoms with Crippen molar-refractivity contribution in [3.8, 4) is 0 Å². The Morgan fingerprint density at radius 2 is 1.65 bits per heavy atom. The van der Waals surface area contributed by atoms with Crippen LogP contribution in [0.3, 0.4) is 0 Å². The minimum absolute atomic E-state index is 0.464. The first-order chi connectivity index (χ1) is 9.42. The summed E-state index contributed by atoms with van der Waals surface area (Å²) in [5.74, 6) is 1.49. The molecule has 0 saturated carbocycles. The van der Waals surface area contributed by atoms with Crippen LogP contribution in [0.4, 0.5) is 0 Å². The average molecular weight is 272 g/mol. The molecule has 0 N–H and O–H groups in total. The van der Waals surface area contributed by atoms with E-state index in [1.807, 2.05) is 0 Å². The molecule has 2 aliphatic rings. The fourth-order valence-electron chi connectivity index (χ4n) is 3.95. The SMILES string of the molecule is CC1=CC[C@]2(C)CC=C(C(C)C)[C@H]2CCC(C)=CCC1. The summed E-state index contributed by atoms with van der Waals surface area (Å²) >= 11 is 0. The van der Waals surface area contributed by atoms with Crippen LogP contribution >= 0.6 is 0 Å². The molecule has 0 spiro atoms. The molecule has 0 nitrogen and oxygen atoms in total. The zero-order valence-electron chi connectivity index (χ0n) is 14.1. The summed E-state index contributed by atoms with van der Waals surface area (Å²) < 4.78 is 0. The maximum Gasteiger partial charge on any atom is -0.0138 e. The van der Waals surface area contributed by atoms with Crippen LogP contribution in [0.2, 0.25) is 0 Å². The quantitative estimate of drug-likeness (QED) is 0.481. The second-order valence-corrected chi connectivity index (χ2v) is 7.65. The molecule has 0 fully saturated rings. The minimum Gasteiger partial charge on any atom is -0.0853 e. The molecule has 20 heavy (non-hydrogen) atoms. The van der Waals surface area contributed by atoms with Crippen molar-refractivity contribution >= 4 is 0 Å². The molecule has 0 bridgehead atoms. The van der Waals surface area contributed by atoms with Crippen molar-refractivity contribution in [2.24, 2.45) is 17.3 Å². The molecule has 0 radical (unpaired) electrons. The van der Waals surface area contributed by atoms with Gasteiger partial charge in [-0.05, 0) is 69.6 Å². The summed E-state index contributed by atoms with van der Waals surface area (Å²) in [6, 6.07) is 0. The van der Waals surface area contributed by atoms with Gasteiger partial charge < -0.3 is 0 Å². The van der Waals surface area contributed by atoms with Crippen LogP contribution < -0.4 is 0 Å². The lowest BCUT2D eigenvalue weighted by atomic mass is 9.70. The molecule has 0 aromatic carbocycles. The smallest absolute Gasteiger partial charge is 0.0138 e. The second kappa shape index (κ2) is 6.33. The van der Waals surface area contributed by atoms with E-state index < -0.39 is 0 Å². The Hall–Kier alpha value is -0.780. The molecule has 0 aromatic heterocycles. The molecule has 0 aromatic rings. The molecule has 0 heterocycles. The third-order valence-electron chi connectivity index (χ3n) is 5.49. The number of hydrogen-bond acceptors (Lipinski definition) is 0.